The number of aryl methyl sites for hydroxylation is 1. The molecule has 1 heterocycles. The number of halogens is 1. The van der Waals surface area contributed by atoms with E-state index in [2.05, 4.69) is 10.3 Å². The minimum atomic E-state index is -0.467. The zero-order valence-electron chi connectivity index (χ0n) is 14.9. The minimum Gasteiger partial charge on any atom is -0.457 e. The number of primary amides is 1. The number of carbonyl (C=O) groups is 2. The molecule has 6 nitrogen and oxygen atoms in total. The molecule has 3 aromatic rings. The number of anilines is 1. The highest BCUT2D eigenvalue weighted by Gasteiger charge is 2.09. The Hall–Kier alpha value is -3.26. The lowest BCUT2D eigenvalue weighted by Gasteiger charge is -2.08. The summed E-state index contributed by atoms with van der Waals surface area (Å²) in [6, 6.07) is 13.1. The molecule has 0 unspecified atom stereocenters. The third-order valence-electron chi connectivity index (χ3n) is 3.74. The molecule has 0 atom stereocenters. The highest BCUT2D eigenvalue weighted by atomic mass is 32.1. The van der Waals surface area contributed by atoms with E-state index in [4.69, 9.17) is 10.5 Å². The van der Waals surface area contributed by atoms with Gasteiger partial charge in [-0.3, -0.25) is 9.59 Å². The molecule has 1 aromatic heterocycles. The molecule has 144 valence electrons. The summed E-state index contributed by atoms with van der Waals surface area (Å²) in [7, 11) is 0. The lowest BCUT2D eigenvalue weighted by atomic mass is 10.1. The van der Waals surface area contributed by atoms with Crippen LogP contribution in [0.4, 0.5) is 9.52 Å². The molecule has 0 aliphatic rings. The SMILES string of the molecule is NC(=O)Cc1csc(NC(=O)CCc2cccc(Oc3ccc(F)cc3)c2)n1. The van der Waals surface area contributed by atoms with Gasteiger partial charge in [0.25, 0.3) is 0 Å². The van der Waals surface area contributed by atoms with E-state index in [1.54, 1.807) is 23.6 Å². The Bertz CT molecular complexity index is 973. The highest BCUT2D eigenvalue weighted by molar-refractivity contribution is 7.13. The summed E-state index contributed by atoms with van der Waals surface area (Å²) in [4.78, 5) is 27.2. The molecule has 0 spiro atoms. The van der Waals surface area contributed by atoms with Crippen molar-refractivity contribution in [2.24, 2.45) is 5.73 Å². The van der Waals surface area contributed by atoms with E-state index in [-0.39, 0.29) is 24.6 Å². The first-order valence-electron chi connectivity index (χ1n) is 8.53. The number of carbonyl (C=O) groups excluding carboxylic acids is 2. The van der Waals surface area contributed by atoms with Crippen LogP contribution in [-0.4, -0.2) is 16.8 Å². The largest absolute Gasteiger partial charge is 0.457 e. The Morgan fingerprint density at radius 1 is 1.14 bits per heavy atom. The summed E-state index contributed by atoms with van der Waals surface area (Å²) in [6.45, 7) is 0. The number of rotatable bonds is 8. The highest BCUT2D eigenvalue weighted by Crippen LogP contribution is 2.23. The molecule has 0 fully saturated rings. The molecule has 0 aliphatic carbocycles. The number of thiazole rings is 1. The van der Waals surface area contributed by atoms with Crippen LogP contribution in [0.3, 0.4) is 0 Å². The van der Waals surface area contributed by atoms with Crippen LogP contribution in [0.2, 0.25) is 0 Å². The third-order valence-corrected chi connectivity index (χ3v) is 4.55. The average molecular weight is 399 g/mol. The van der Waals surface area contributed by atoms with Crippen molar-refractivity contribution in [3.63, 3.8) is 0 Å². The third kappa shape index (κ3) is 5.88. The fourth-order valence-electron chi connectivity index (χ4n) is 2.47. The fraction of sp³-hybridized carbons (Fsp3) is 0.150. The first-order chi connectivity index (χ1) is 13.5. The van der Waals surface area contributed by atoms with Crippen LogP contribution >= 0.6 is 11.3 Å². The van der Waals surface area contributed by atoms with Crippen molar-refractivity contribution in [3.8, 4) is 11.5 Å². The molecular weight excluding hydrogens is 381 g/mol. The molecule has 8 heteroatoms. The molecule has 3 rings (SSSR count). The fourth-order valence-corrected chi connectivity index (χ4v) is 3.19. The molecule has 2 aromatic carbocycles. The van der Waals surface area contributed by atoms with E-state index in [1.807, 2.05) is 18.2 Å². The summed E-state index contributed by atoms with van der Waals surface area (Å²) in [5, 5.41) is 4.85. The van der Waals surface area contributed by atoms with Gasteiger partial charge in [0.1, 0.15) is 17.3 Å². The first kappa shape index (κ1) is 19.5. The normalized spacial score (nSPS) is 10.5. The monoisotopic (exact) mass is 399 g/mol. The van der Waals surface area contributed by atoms with Gasteiger partial charge >= 0.3 is 0 Å². The lowest BCUT2D eigenvalue weighted by molar-refractivity contribution is -0.117. The Labute approximate surface area is 165 Å². The van der Waals surface area contributed by atoms with E-state index in [0.717, 1.165) is 5.56 Å². The minimum absolute atomic E-state index is 0.0488. The number of amides is 2. The summed E-state index contributed by atoms with van der Waals surface area (Å²) < 4.78 is 18.7. The number of aromatic nitrogens is 1. The van der Waals surface area contributed by atoms with E-state index in [0.29, 0.717) is 28.7 Å². The number of hydrogen-bond acceptors (Lipinski definition) is 5. The van der Waals surface area contributed by atoms with E-state index >= 15 is 0 Å². The van der Waals surface area contributed by atoms with Crippen LogP contribution in [0.25, 0.3) is 0 Å². The number of nitrogens with zero attached hydrogens (tertiary/aromatic N) is 1. The molecule has 0 saturated carbocycles. The van der Waals surface area contributed by atoms with Gasteiger partial charge in [-0.05, 0) is 48.4 Å². The quantitative estimate of drug-likeness (QED) is 0.604. The van der Waals surface area contributed by atoms with Gasteiger partial charge in [-0.15, -0.1) is 11.3 Å². The van der Waals surface area contributed by atoms with Crippen LogP contribution in [0.15, 0.2) is 53.9 Å². The molecule has 0 aliphatic heterocycles. The van der Waals surface area contributed by atoms with Crippen molar-refractivity contribution in [1.82, 2.24) is 4.98 Å². The van der Waals surface area contributed by atoms with Gasteiger partial charge in [0.2, 0.25) is 11.8 Å². The first-order valence-corrected chi connectivity index (χ1v) is 9.41. The van der Waals surface area contributed by atoms with Gasteiger partial charge < -0.3 is 15.8 Å². The summed E-state index contributed by atoms with van der Waals surface area (Å²) in [6.07, 6.45) is 0.837. The molecule has 0 radical (unpaired) electrons. The van der Waals surface area contributed by atoms with Crippen LogP contribution in [0, 0.1) is 5.82 Å². The zero-order chi connectivity index (χ0) is 19.9. The number of nitrogens with one attached hydrogen (secondary N) is 1. The van der Waals surface area contributed by atoms with E-state index in [1.165, 1.54) is 23.5 Å². The summed E-state index contributed by atoms with van der Waals surface area (Å²) >= 11 is 1.25. The molecule has 0 saturated heterocycles. The molecule has 28 heavy (non-hydrogen) atoms. The Morgan fingerprint density at radius 3 is 2.68 bits per heavy atom. The lowest BCUT2D eigenvalue weighted by Crippen LogP contribution is -2.14. The van der Waals surface area contributed by atoms with Crippen LogP contribution in [-0.2, 0) is 22.4 Å². The van der Waals surface area contributed by atoms with Gasteiger partial charge in [0.05, 0.1) is 12.1 Å². The van der Waals surface area contributed by atoms with Crippen molar-refractivity contribution in [1.29, 1.82) is 0 Å². The number of ether oxygens (including phenoxy) is 1. The number of hydrogen-bond donors (Lipinski definition) is 2. The van der Waals surface area contributed by atoms with Gasteiger partial charge in [0, 0.05) is 11.8 Å². The van der Waals surface area contributed by atoms with Gasteiger partial charge in [-0.25, -0.2) is 9.37 Å². The van der Waals surface area contributed by atoms with Crippen molar-refractivity contribution in [2.45, 2.75) is 19.3 Å². The summed E-state index contributed by atoms with van der Waals surface area (Å²) in [5.41, 5.74) is 6.60. The molecule has 0 bridgehead atoms. The maximum Gasteiger partial charge on any atom is 0.226 e. The van der Waals surface area contributed by atoms with E-state index in [9.17, 15) is 14.0 Å². The second-order valence-corrected chi connectivity index (χ2v) is 6.90. The maximum absolute atomic E-state index is 13.0. The standard InChI is InChI=1S/C20H18FN3O3S/c21-14-5-7-16(8-6-14)27-17-3-1-2-13(10-17)4-9-19(26)24-20-23-15(12-28-20)11-18(22)25/h1-3,5-8,10,12H,4,9,11H2,(H2,22,25)(H,23,24,26). The molecular formula is C20H18FN3O3S. The van der Waals surface area contributed by atoms with Gasteiger partial charge in [0.15, 0.2) is 5.13 Å². The second kappa shape index (κ2) is 9.09. The number of benzene rings is 2. The average Bonchev–Trinajstić information content (AvgIpc) is 3.08. The Morgan fingerprint density at radius 2 is 1.93 bits per heavy atom. The van der Waals surface area contributed by atoms with Crippen molar-refractivity contribution >= 4 is 28.3 Å². The van der Waals surface area contributed by atoms with E-state index < -0.39 is 5.91 Å². The van der Waals surface area contributed by atoms with Crippen molar-refractivity contribution < 1.29 is 18.7 Å². The topological polar surface area (TPSA) is 94.3 Å². The smallest absolute Gasteiger partial charge is 0.226 e. The maximum atomic E-state index is 13.0. The van der Waals surface area contributed by atoms with Crippen molar-refractivity contribution in [3.05, 3.63) is 71.0 Å². The predicted octanol–water partition coefficient (Wildman–Crippen LogP) is 3.67. The van der Waals surface area contributed by atoms with Crippen LogP contribution in [0.1, 0.15) is 17.7 Å². The van der Waals surface area contributed by atoms with Gasteiger partial charge in [-0.2, -0.15) is 0 Å². The van der Waals surface area contributed by atoms with Crippen LogP contribution in [0.5, 0.6) is 11.5 Å². The Balaban J connectivity index is 1.52. The van der Waals surface area contributed by atoms with Crippen LogP contribution < -0.4 is 15.8 Å². The Kier molecular flexibility index (Phi) is 6.33. The van der Waals surface area contributed by atoms with Gasteiger partial charge in [-0.1, -0.05) is 12.1 Å². The second-order valence-electron chi connectivity index (χ2n) is 6.04. The number of nitrogens with two attached hydrogens (primary N) is 1. The zero-order valence-corrected chi connectivity index (χ0v) is 15.7. The molecule has 2 amide bonds. The predicted molar refractivity (Wildman–Crippen MR) is 105 cm³/mol. The van der Waals surface area contributed by atoms with Crippen molar-refractivity contribution in [2.75, 3.05) is 5.32 Å². The molecule has 3 N–H and O–H groups in total. The summed E-state index contributed by atoms with van der Waals surface area (Å²) in [5.74, 6) is 0.178.